The Morgan fingerprint density at radius 1 is 1.23 bits per heavy atom. The van der Waals surface area contributed by atoms with E-state index in [0.717, 1.165) is 25.1 Å². The molecule has 44 heavy (non-hydrogen) atoms. The second-order valence-electron chi connectivity index (χ2n) is 11.2. The van der Waals surface area contributed by atoms with E-state index in [9.17, 15) is 24.1 Å². The van der Waals surface area contributed by atoms with Crippen molar-refractivity contribution in [2.75, 3.05) is 26.6 Å². The monoisotopic (exact) mass is 643 g/mol. The summed E-state index contributed by atoms with van der Waals surface area (Å²) in [5, 5.41) is 16.2. The lowest BCUT2D eigenvalue weighted by Gasteiger charge is -2.30. The Morgan fingerprint density at radius 3 is 2.25 bits per heavy atom. The maximum absolute atomic E-state index is 16.2. The smallest absolute Gasteiger partial charge is 0.342 e. The fourth-order valence-electron chi connectivity index (χ4n) is 4.76. The first-order valence-corrected chi connectivity index (χ1v) is 15.4. The van der Waals surface area contributed by atoms with Crippen LogP contribution in [0, 0.1) is 24.2 Å². The van der Waals surface area contributed by atoms with Crippen LogP contribution < -0.4 is 21.5 Å². The lowest BCUT2D eigenvalue weighted by atomic mass is 9.97. The Labute approximate surface area is 253 Å². The number of rotatable bonds is 14. The van der Waals surface area contributed by atoms with Crippen molar-refractivity contribution in [1.82, 2.24) is 29.7 Å². The highest BCUT2D eigenvalue weighted by Gasteiger charge is 2.58. The number of terminal acetylenes is 1. The van der Waals surface area contributed by atoms with Crippen molar-refractivity contribution in [3.63, 3.8) is 0 Å². The van der Waals surface area contributed by atoms with Gasteiger partial charge < -0.3 is 29.6 Å². The average Bonchev–Trinajstić information content (AvgIpc) is 3.48. The lowest BCUT2D eigenvalue weighted by Crippen LogP contribution is -2.46. The quantitative estimate of drug-likeness (QED) is 0.109. The summed E-state index contributed by atoms with van der Waals surface area (Å²) in [4.78, 5) is 47.6. The molecule has 1 aliphatic heterocycles. The molecule has 2 aromatic heterocycles. The van der Waals surface area contributed by atoms with E-state index in [4.69, 9.17) is 30.9 Å². The number of esters is 2. The first-order chi connectivity index (χ1) is 20.6. The molecule has 0 aromatic carbocycles. The van der Waals surface area contributed by atoms with E-state index in [1.54, 1.807) is 0 Å². The van der Waals surface area contributed by atoms with E-state index in [0.29, 0.717) is 0 Å². The number of aromatic amines is 1. The molecule has 244 valence electrons. The van der Waals surface area contributed by atoms with Crippen LogP contribution in [0.1, 0.15) is 46.8 Å². The number of carbonyl (C=O) groups is 2. The first-order valence-electron chi connectivity index (χ1n) is 13.8. The van der Waals surface area contributed by atoms with Crippen LogP contribution in [-0.4, -0.2) is 87.4 Å². The molecule has 18 heteroatoms. The number of aliphatic hydroxyl groups is 1. The number of hydrogen-bond acceptors (Lipinski definition) is 12. The number of hydrogen-bond donors (Lipinski definition) is 5. The zero-order chi connectivity index (χ0) is 33.0. The Hall–Kier alpha value is -3.39. The van der Waals surface area contributed by atoms with Crippen LogP contribution in [0.15, 0.2) is 11.1 Å². The fourth-order valence-corrected chi connectivity index (χ4v) is 6.58. The standard InChI is InChI=1S/C26H39FN7O9P/c1-8-26(27)19(35)17(43-24(26)34-12-29-18-20(34)30-25(28)31-21(18)36)11-42-44(39,32-15(9-13(2)3)22(37)40-6)33-16(10-14(4)5)23(38)41-7/h1,12-17,19,24,35H,9-11H2,2-7H3,(H2,32,33,39)(H3,28,30,31,36)/t15?,16?,17-,19-,24-,26-,44?/m1/s1. The molecule has 0 amide bonds. The van der Waals surface area contributed by atoms with Gasteiger partial charge in [0, 0.05) is 0 Å². The highest BCUT2D eigenvalue weighted by Crippen LogP contribution is 2.46. The summed E-state index contributed by atoms with van der Waals surface area (Å²) in [6.07, 6.45) is 1.54. The molecule has 1 saturated heterocycles. The molecule has 0 aliphatic carbocycles. The number of ether oxygens (including phenoxy) is 3. The van der Waals surface area contributed by atoms with Gasteiger partial charge in [0.25, 0.3) is 5.56 Å². The number of halogens is 1. The third-order valence-electron chi connectivity index (χ3n) is 6.83. The number of anilines is 1. The fraction of sp³-hybridized carbons (Fsp3) is 0.654. The minimum atomic E-state index is -4.40. The normalized spacial score (nSPS) is 24.6. The molecular weight excluding hydrogens is 604 g/mol. The summed E-state index contributed by atoms with van der Waals surface area (Å²) in [5.74, 6) is -0.00680. The van der Waals surface area contributed by atoms with Gasteiger partial charge in [-0.25, -0.2) is 19.5 Å². The Kier molecular flexibility index (Phi) is 11.3. The second-order valence-corrected chi connectivity index (χ2v) is 13.1. The summed E-state index contributed by atoms with van der Waals surface area (Å²) in [5.41, 5.74) is 1.69. The van der Waals surface area contributed by atoms with E-state index < -0.39 is 68.0 Å². The molecule has 0 radical (unpaired) electrons. The largest absolute Gasteiger partial charge is 0.468 e. The lowest BCUT2D eigenvalue weighted by molar-refractivity contribution is -0.143. The van der Waals surface area contributed by atoms with Gasteiger partial charge in [-0.3, -0.25) is 28.5 Å². The number of fused-ring (bicyclic) bond motifs is 1. The number of methoxy groups -OCH3 is 2. The number of aliphatic hydroxyl groups excluding tert-OH is 1. The summed E-state index contributed by atoms with van der Waals surface area (Å²) in [7, 11) is -2.08. The van der Waals surface area contributed by atoms with Gasteiger partial charge >= 0.3 is 19.6 Å². The molecule has 6 atom stereocenters. The summed E-state index contributed by atoms with van der Waals surface area (Å²) < 4.78 is 52.7. The van der Waals surface area contributed by atoms with Gasteiger partial charge in [-0.1, -0.05) is 33.6 Å². The van der Waals surface area contributed by atoms with Crippen LogP contribution in [0.2, 0.25) is 0 Å². The summed E-state index contributed by atoms with van der Waals surface area (Å²) in [6, 6.07) is -2.29. The van der Waals surface area contributed by atoms with E-state index in [1.807, 2.05) is 33.6 Å². The van der Waals surface area contributed by atoms with Crippen LogP contribution >= 0.6 is 7.67 Å². The zero-order valence-electron chi connectivity index (χ0n) is 25.3. The van der Waals surface area contributed by atoms with E-state index in [2.05, 4.69) is 25.1 Å². The molecule has 0 saturated carbocycles. The van der Waals surface area contributed by atoms with Crippen molar-refractivity contribution in [3.05, 3.63) is 16.7 Å². The van der Waals surface area contributed by atoms with Crippen molar-refractivity contribution < 1.29 is 42.4 Å². The summed E-state index contributed by atoms with van der Waals surface area (Å²) in [6.45, 7) is 6.56. The van der Waals surface area contributed by atoms with Crippen LogP contribution in [0.25, 0.3) is 11.2 Å². The number of H-pyrrole nitrogens is 1. The highest BCUT2D eigenvalue weighted by molar-refractivity contribution is 7.54. The second kappa shape index (κ2) is 14.1. The summed E-state index contributed by atoms with van der Waals surface area (Å²) >= 11 is 0. The zero-order valence-corrected chi connectivity index (χ0v) is 26.2. The number of imidazole rings is 1. The van der Waals surface area contributed by atoms with Crippen LogP contribution in [0.3, 0.4) is 0 Å². The van der Waals surface area contributed by atoms with Crippen molar-refractivity contribution >= 4 is 36.7 Å². The van der Waals surface area contributed by atoms with Gasteiger partial charge in [0.15, 0.2) is 17.4 Å². The van der Waals surface area contributed by atoms with Crippen molar-refractivity contribution in [2.24, 2.45) is 11.8 Å². The third kappa shape index (κ3) is 7.63. The third-order valence-corrected chi connectivity index (χ3v) is 8.64. The van der Waals surface area contributed by atoms with Gasteiger partial charge in [0.05, 0.1) is 27.2 Å². The molecule has 3 heterocycles. The van der Waals surface area contributed by atoms with Crippen molar-refractivity contribution in [2.45, 2.75) is 76.7 Å². The number of nitrogens with two attached hydrogens (primary N) is 1. The minimum absolute atomic E-state index is 0.0597. The Morgan fingerprint density at radius 2 is 1.77 bits per heavy atom. The van der Waals surface area contributed by atoms with E-state index >= 15 is 4.39 Å². The number of nitrogen functional groups attached to an aromatic ring is 1. The van der Waals surface area contributed by atoms with Crippen molar-refractivity contribution in [1.29, 1.82) is 0 Å². The van der Waals surface area contributed by atoms with Gasteiger partial charge in [0.1, 0.15) is 24.3 Å². The Bertz CT molecular complexity index is 1460. The average molecular weight is 644 g/mol. The molecule has 1 fully saturated rings. The van der Waals surface area contributed by atoms with Crippen LogP contribution in [0.5, 0.6) is 0 Å². The van der Waals surface area contributed by atoms with Gasteiger partial charge in [-0.15, -0.1) is 6.42 Å². The Balaban J connectivity index is 1.96. The predicted molar refractivity (Wildman–Crippen MR) is 155 cm³/mol. The molecular formula is C26H39FN7O9P. The number of alkyl halides is 1. The maximum Gasteiger partial charge on any atom is 0.342 e. The number of nitrogens with one attached hydrogen (secondary N) is 3. The van der Waals surface area contributed by atoms with E-state index in [-0.39, 0.29) is 41.8 Å². The molecule has 3 rings (SSSR count). The van der Waals surface area contributed by atoms with Gasteiger partial charge in [-0.2, -0.15) is 4.98 Å². The number of carbonyl (C=O) groups excluding carboxylic acids is 2. The maximum atomic E-state index is 16.2. The minimum Gasteiger partial charge on any atom is -0.468 e. The van der Waals surface area contributed by atoms with E-state index in [1.165, 1.54) is 0 Å². The SMILES string of the molecule is C#C[C@@]1(F)[C@H](O)[C@@H](COP(=O)(NC(CC(C)C)C(=O)OC)NC(CC(C)C)C(=O)OC)O[C@H]1n1cnc2c(=O)[nH]c(N)nc21. The molecule has 0 bridgehead atoms. The molecule has 2 aromatic rings. The number of aromatic nitrogens is 4. The van der Waals surface area contributed by atoms with Crippen LogP contribution in [-0.2, 0) is 32.9 Å². The van der Waals surface area contributed by atoms with Gasteiger partial charge in [-0.05, 0) is 24.7 Å². The predicted octanol–water partition coefficient (Wildman–Crippen LogP) is 0.781. The van der Waals surface area contributed by atoms with Crippen molar-refractivity contribution in [3.8, 4) is 12.3 Å². The first kappa shape index (κ1) is 35.1. The molecule has 6 N–H and O–H groups in total. The topological polar surface area (TPSA) is 222 Å². The molecule has 16 nitrogen and oxygen atoms in total. The molecule has 2 unspecified atom stereocenters. The highest BCUT2D eigenvalue weighted by atomic mass is 31.2. The van der Waals surface area contributed by atoms with Gasteiger partial charge in [0.2, 0.25) is 11.6 Å². The van der Waals surface area contributed by atoms with Crippen LogP contribution in [0.4, 0.5) is 10.3 Å². The molecule has 1 aliphatic rings. The molecule has 0 spiro atoms. The number of nitrogens with zero attached hydrogens (tertiary/aromatic N) is 3.